The van der Waals surface area contributed by atoms with E-state index in [0.29, 0.717) is 28.2 Å². The monoisotopic (exact) mass is 510 g/mol. The number of hydrogen-bond donors (Lipinski definition) is 0. The molecule has 0 aliphatic rings. The molecule has 0 saturated carbocycles. The highest BCUT2D eigenvalue weighted by Gasteiger charge is 2.14. The molecular weight excluding hydrogens is 488 g/mol. The van der Waals surface area contributed by atoms with Crippen molar-refractivity contribution in [1.82, 2.24) is 14.2 Å². The molecular formula is C25H24BrClN4O. The summed E-state index contributed by atoms with van der Waals surface area (Å²) >= 11 is 9.88. The first-order valence-corrected chi connectivity index (χ1v) is 11.8. The Morgan fingerprint density at radius 2 is 1.94 bits per heavy atom. The molecule has 2 aromatic carbocycles. The SMILES string of the molecule is CCCCc1nc2ccc(Br)cc2c(=O)n1N=Cc1cc(C)n(-c2ccccc2Cl)c1C. The van der Waals surface area contributed by atoms with Gasteiger partial charge < -0.3 is 4.57 Å². The molecule has 4 rings (SSSR count). The third kappa shape index (κ3) is 4.30. The summed E-state index contributed by atoms with van der Waals surface area (Å²) in [5.41, 5.74) is 4.40. The molecule has 32 heavy (non-hydrogen) atoms. The highest BCUT2D eigenvalue weighted by atomic mass is 79.9. The highest BCUT2D eigenvalue weighted by molar-refractivity contribution is 9.10. The van der Waals surface area contributed by atoms with Crippen molar-refractivity contribution in [2.24, 2.45) is 5.10 Å². The standard InChI is InChI=1S/C25H24BrClN4O/c1-4-5-10-24-29-22-12-11-19(26)14-20(22)25(32)31(24)28-15-18-13-16(2)30(17(18)3)23-9-7-6-8-21(23)27/h6-9,11-15H,4-5,10H2,1-3H3. The van der Waals surface area contributed by atoms with Crippen LogP contribution in [0.4, 0.5) is 0 Å². The van der Waals surface area contributed by atoms with Crippen molar-refractivity contribution < 1.29 is 0 Å². The van der Waals surface area contributed by atoms with Crippen LogP contribution in [-0.2, 0) is 6.42 Å². The lowest BCUT2D eigenvalue weighted by molar-refractivity contribution is 0.675. The fraction of sp³-hybridized carbons (Fsp3) is 0.240. The fourth-order valence-electron chi connectivity index (χ4n) is 3.85. The molecule has 0 unspecified atom stereocenters. The quantitative estimate of drug-likeness (QED) is 0.280. The average Bonchev–Trinajstić information content (AvgIpc) is 3.05. The lowest BCUT2D eigenvalue weighted by Gasteiger charge is -2.11. The summed E-state index contributed by atoms with van der Waals surface area (Å²) in [6, 6.07) is 15.3. The largest absolute Gasteiger partial charge is 0.316 e. The van der Waals surface area contributed by atoms with E-state index >= 15 is 0 Å². The van der Waals surface area contributed by atoms with Gasteiger partial charge in [-0.1, -0.05) is 53.0 Å². The molecule has 0 radical (unpaired) electrons. The van der Waals surface area contributed by atoms with Gasteiger partial charge in [0.2, 0.25) is 0 Å². The predicted molar refractivity (Wildman–Crippen MR) is 136 cm³/mol. The molecule has 0 spiro atoms. The normalized spacial score (nSPS) is 11.7. The van der Waals surface area contributed by atoms with Crippen LogP contribution < -0.4 is 5.56 Å². The first kappa shape index (κ1) is 22.5. The molecule has 0 atom stereocenters. The summed E-state index contributed by atoms with van der Waals surface area (Å²) in [6.07, 6.45) is 4.37. The number of aryl methyl sites for hydroxylation is 2. The number of hydrogen-bond acceptors (Lipinski definition) is 3. The minimum absolute atomic E-state index is 0.168. The summed E-state index contributed by atoms with van der Waals surface area (Å²) in [4.78, 5) is 18.0. The van der Waals surface area contributed by atoms with Gasteiger partial charge in [-0.05, 0) is 56.7 Å². The number of halogens is 2. The van der Waals surface area contributed by atoms with Gasteiger partial charge in [0.05, 0.1) is 27.8 Å². The van der Waals surface area contributed by atoms with Gasteiger partial charge in [-0.25, -0.2) is 4.98 Å². The molecule has 0 bridgehead atoms. The van der Waals surface area contributed by atoms with E-state index in [1.165, 1.54) is 4.68 Å². The van der Waals surface area contributed by atoms with Crippen LogP contribution in [0.25, 0.3) is 16.6 Å². The second kappa shape index (κ2) is 9.43. The van der Waals surface area contributed by atoms with E-state index < -0.39 is 0 Å². The van der Waals surface area contributed by atoms with Gasteiger partial charge in [-0.15, -0.1) is 0 Å². The van der Waals surface area contributed by atoms with Crippen molar-refractivity contribution in [2.75, 3.05) is 0 Å². The van der Waals surface area contributed by atoms with Crippen LogP contribution in [0, 0.1) is 13.8 Å². The smallest absolute Gasteiger partial charge is 0.282 e. The van der Waals surface area contributed by atoms with Gasteiger partial charge in [0.1, 0.15) is 5.82 Å². The zero-order valence-electron chi connectivity index (χ0n) is 18.3. The second-order valence-electron chi connectivity index (χ2n) is 7.77. The van der Waals surface area contributed by atoms with Crippen molar-refractivity contribution in [3.8, 4) is 5.69 Å². The van der Waals surface area contributed by atoms with Crippen molar-refractivity contribution in [3.05, 3.63) is 91.2 Å². The van der Waals surface area contributed by atoms with Gasteiger partial charge in [-0.2, -0.15) is 9.78 Å². The molecule has 5 nitrogen and oxygen atoms in total. The van der Waals surface area contributed by atoms with Crippen LogP contribution in [0.1, 0.15) is 42.5 Å². The lowest BCUT2D eigenvalue weighted by atomic mass is 10.2. The number of fused-ring (bicyclic) bond motifs is 1. The van der Waals surface area contributed by atoms with Gasteiger partial charge >= 0.3 is 0 Å². The van der Waals surface area contributed by atoms with Crippen molar-refractivity contribution in [3.63, 3.8) is 0 Å². The Morgan fingerprint density at radius 3 is 2.69 bits per heavy atom. The number of para-hydroxylation sites is 1. The summed E-state index contributed by atoms with van der Waals surface area (Å²) in [5, 5.41) is 5.82. The van der Waals surface area contributed by atoms with Gasteiger partial charge in [-0.3, -0.25) is 4.79 Å². The predicted octanol–water partition coefficient (Wildman–Crippen LogP) is 6.44. The zero-order valence-corrected chi connectivity index (χ0v) is 20.6. The maximum atomic E-state index is 13.3. The van der Waals surface area contributed by atoms with Crippen molar-refractivity contribution in [2.45, 2.75) is 40.0 Å². The van der Waals surface area contributed by atoms with Gasteiger partial charge in [0.15, 0.2) is 0 Å². The van der Waals surface area contributed by atoms with E-state index in [-0.39, 0.29) is 5.56 Å². The van der Waals surface area contributed by atoms with Crippen LogP contribution >= 0.6 is 27.5 Å². The molecule has 0 aliphatic heterocycles. The van der Waals surface area contributed by atoms with Crippen LogP contribution in [0.5, 0.6) is 0 Å². The summed E-state index contributed by atoms with van der Waals surface area (Å²) in [6.45, 7) is 6.17. The zero-order chi connectivity index (χ0) is 22.8. The summed E-state index contributed by atoms with van der Waals surface area (Å²) in [7, 11) is 0. The Balaban J connectivity index is 1.82. The van der Waals surface area contributed by atoms with Gasteiger partial charge in [0.25, 0.3) is 5.56 Å². The number of unbranched alkanes of at least 4 members (excludes halogenated alkanes) is 1. The van der Waals surface area contributed by atoms with E-state index in [0.717, 1.165) is 40.0 Å². The molecule has 0 aliphatic carbocycles. The minimum Gasteiger partial charge on any atom is -0.316 e. The third-order valence-electron chi connectivity index (χ3n) is 5.51. The third-order valence-corrected chi connectivity index (χ3v) is 6.32. The van der Waals surface area contributed by atoms with Crippen molar-refractivity contribution >= 4 is 44.6 Å². The lowest BCUT2D eigenvalue weighted by Crippen LogP contribution is -2.22. The average molecular weight is 512 g/mol. The Morgan fingerprint density at radius 1 is 1.16 bits per heavy atom. The van der Waals surface area contributed by atoms with E-state index in [1.54, 1.807) is 12.3 Å². The molecule has 2 heterocycles. The number of benzene rings is 2. The van der Waals surface area contributed by atoms with E-state index in [9.17, 15) is 4.79 Å². The highest BCUT2D eigenvalue weighted by Crippen LogP contribution is 2.25. The Kier molecular flexibility index (Phi) is 6.63. The maximum absolute atomic E-state index is 13.3. The Bertz CT molecular complexity index is 1390. The molecule has 2 aromatic heterocycles. The van der Waals surface area contributed by atoms with Gasteiger partial charge in [0, 0.05) is 27.8 Å². The van der Waals surface area contributed by atoms with Crippen molar-refractivity contribution in [1.29, 1.82) is 0 Å². The maximum Gasteiger partial charge on any atom is 0.282 e. The van der Waals surface area contributed by atoms with E-state index in [4.69, 9.17) is 16.6 Å². The molecule has 0 fully saturated rings. The molecule has 4 aromatic rings. The van der Waals surface area contributed by atoms with Crippen LogP contribution in [0.15, 0.2) is 62.9 Å². The molecule has 0 amide bonds. The van der Waals surface area contributed by atoms with Crippen LogP contribution in [0.3, 0.4) is 0 Å². The summed E-state index contributed by atoms with van der Waals surface area (Å²) < 4.78 is 4.37. The molecule has 0 saturated heterocycles. The van der Waals surface area contributed by atoms with Crippen LogP contribution in [-0.4, -0.2) is 20.4 Å². The fourth-order valence-corrected chi connectivity index (χ4v) is 4.43. The van der Waals surface area contributed by atoms with Crippen LogP contribution in [0.2, 0.25) is 5.02 Å². The number of rotatable bonds is 6. The molecule has 164 valence electrons. The van der Waals surface area contributed by atoms with E-state index in [1.807, 2.05) is 56.3 Å². The first-order chi connectivity index (χ1) is 15.4. The topological polar surface area (TPSA) is 52.2 Å². The molecule has 0 N–H and O–H groups in total. The summed E-state index contributed by atoms with van der Waals surface area (Å²) in [5.74, 6) is 0.669. The Labute approximate surface area is 200 Å². The second-order valence-corrected chi connectivity index (χ2v) is 9.09. The Hall–Kier alpha value is -2.70. The van der Waals surface area contributed by atoms with E-state index in [2.05, 4.69) is 32.5 Å². The number of aromatic nitrogens is 3. The number of nitrogens with zero attached hydrogens (tertiary/aromatic N) is 4. The molecule has 7 heteroatoms. The first-order valence-electron chi connectivity index (χ1n) is 10.6. The minimum atomic E-state index is -0.168.